The number of pyridine rings is 2. The van der Waals surface area contributed by atoms with Gasteiger partial charge in [-0.3, -0.25) is 0 Å². The molecule has 1 radical (unpaired) electrons. The average molecular weight is 761 g/mol. The van der Waals surface area contributed by atoms with Crippen LogP contribution in [-0.4, -0.2) is 9.97 Å². The van der Waals surface area contributed by atoms with Crippen LogP contribution in [0.15, 0.2) is 88.9 Å². The third-order valence-corrected chi connectivity index (χ3v) is 8.10. The van der Waals surface area contributed by atoms with E-state index in [9.17, 15) is 0 Å². The Morgan fingerprint density at radius 2 is 1.67 bits per heavy atom. The molecule has 0 saturated heterocycles. The molecule has 0 amide bonds. The van der Waals surface area contributed by atoms with E-state index in [0.717, 1.165) is 43.5 Å². The van der Waals surface area contributed by atoms with Crippen LogP contribution in [0.2, 0.25) is 0 Å². The molecule has 43 heavy (non-hydrogen) atoms. The van der Waals surface area contributed by atoms with Gasteiger partial charge in [0.1, 0.15) is 5.58 Å². The minimum absolute atomic E-state index is 0. The molecular weight excluding hydrogens is 725 g/mol. The van der Waals surface area contributed by atoms with Crippen LogP contribution in [0.25, 0.3) is 54.5 Å². The van der Waals surface area contributed by atoms with Gasteiger partial charge in [0, 0.05) is 40.6 Å². The number of fused-ring (bicyclic) bond motifs is 5. The fourth-order valence-corrected chi connectivity index (χ4v) is 5.81. The van der Waals surface area contributed by atoms with Crippen molar-refractivity contribution >= 4 is 43.4 Å². The van der Waals surface area contributed by atoms with Crippen molar-refractivity contribution in [2.24, 2.45) is 5.41 Å². The number of benzene rings is 3. The van der Waals surface area contributed by atoms with Gasteiger partial charge >= 0.3 is 0 Å². The molecule has 0 fully saturated rings. The van der Waals surface area contributed by atoms with Gasteiger partial charge in [0.25, 0.3) is 0 Å². The topological polar surface area (TPSA) is 38.9 Å². The number of hydrogen-bond donors (Lipinski definition) is 0. The van der Waals surface area contributed by atoms with E-state index in [4.69, 9.17) is 7.16 Å². The summed E-state index contributed by atoms with van der Waals surface area (Å²) >= 11 is 1.67. The first-order valence-corrected chi connectivity index (χ1v) is 14.9. The van der Waals surface area contributed by atoms with E-state index in [-0.39, 0.29) is 20.1 Å². The molecule has 0 spiro atoms. The second-order valence-electron chi connectivity index (χ2n) is 11.7. The molecule has 4 aromatic heterocycles. The monoisotopic (exact) mass is 761 g/mol. The predicted octanol–water partition coefficient (Wildman–Crippen LogP) is 10.7. The van der Waals surface area contributed by atoms with Gasteiger partial charge in [-0.05, 0) is 65.5 Å². The Morgan fingerprint density at radius 1 is 0.860 bits per heavy atom. The van der Waals surface area contributed by atoms with Gasteiger partial charge in [-0.15, -0.1) is 64.9 Å². The summed E-state index contributed by atoms with van der Waals surface area (Å²) in [6.45, 7) is 12.0. The van der Waals surface area contributed by atoms with E-state index in [1.165, 1.54) is 22.1 Å². The molecular formula is C38H34IrN2OS-2. The zero-order valence-electron chi connectivity index (χ0n) is 27.1. The summed E-state index contributed by atoms with van der Waals surface area (Å²) in [5.41, 5.74) is 8.91. The van der Waals surface area contributed by atoms with Crippen molar-refractivity contribution in [2.45, 2.75) is 47.9 Å². The number of hydrogen-bond acceptors (Lipinski definition) is 4. The number of thiophene rings is 1. The average Bonchev–Trinajstić information content (AvgIpc) is 3.64. The van der Waals surface area contributed by atoms with Crippen molar-refractivity contribution in [3.8, 4) is 22.5 Å². The van der Waals surface area contributed by atoms with Crippen LogP contribution in [0.1, 0.15) is 45.8 Å². The number of furan rings is 1. The van der Waals surface area contributed by atoms with Gasteiger partial charge in [0.05, 0.1) is 10.3 Å². The molecule has 5 heteroatoms. The summed E-state index contributed by atoms with van der Waals surface area (Å²) in [7, 11) is 0. The fourth-order valence-electron chi connectivity index (χ4n) is 4.93. The van der Waals surface area contributed by atoms with E-state index >= 15 is 0 Å². The SMILES string of the molecule is Cc1c[c-]c(-c2cc(C)c(C)cn2)cc1.[2H]C([2H])(c1ccnc(-c2[c-]ccc3c2oc2c3ccc3ccsc32)c1)C(C)(C)C.[Ir]. The van der Waals surface area contributed by atoms with Crippen molar-refractivity contribution in [1.82, 2.24) is 9.97 Å². The van der Waals surface area contributed by atoms with Crippen LogP contribution in [0.5, 0.6) is 0 Å². The zero-order valence-corrected chi connectivity index (χ0v) is 28.3. The first-order valence-electron chi connectivity index (χ1n) is 15.1. The maximum Gasteiger partial charge on any atom is 0.138 e. The molecule has 0 aliphatic rings. The van der Waals surface area contributed by atoms with Gasteiger partial charge in [-0.1, -0.05) is 74.0 Å². The first kappa shape index (κ1) is 28.2. The van der Waals surface area contributed by atoms with E-state index in [1.54, 1.807) is 23.6 Å². The largest absolute Gasteiger partial charge is 0.499 e. The summed E-state index contributed by atoms with van der Waals surface area (Å²) < 4.78 is 24.7. The van der Waals surface area contributed by atoms with Crippen LogP contribution >= 0.6 is 11.3 Å². The molecule has 0 bridgehead atoms. The first-order chi connectivity index (χ1) is 20.9. The summed E-state index contributed by atoms with van der Waals surface area (Å²) in [5.74, 6) is 0. The number of rotatable bonds is 3. The zero-order chi connectivity index (χ0) is 31.2. The molecule has 0 saturated carbocycles. The van der Waals surface area contributed by atoms with Gasteiger partial charge < -0.3 is 14.4 Å². The molecule has 0 N–H and O–H groups in total. The Bertz CT molecular complexity index is 2120. The summed E-state index contributed by atoms with van der Waals surface area (Å²) in [4.78, 5) is 8.93. The molecule has 3 aromatic carbocycles. The third kappa shape index (κ3) is 6.65. The summed E-state index contributed by atoms with van der Waals surface area (Å²) in [6, 6.07) is 28.6. The Labute approximate surface area is 274 Å². The number of aryl methyl sites for hydroxylation is 3. The van der Waals surface area contributed by atoms with Crippen molar-refractivity contribution in [2.75, 3.05) is 0 Å². The van der Waals surface area contributed by atoms with Crippen LogP contribution < -0.4 is 0 Å². The normalized spacial score (nSPS) is 12.4. The van der Waals surface area contributed by atoms with Crippen molar-refractivity contribution in [1.29, 1.82) is 0 Å². The van der Waals surface area contributed by atoms with Gasteiger partial charge in [-0.2, -0.15) is 0 Å². The van der Waals surface area contributed by atoms with Crippen molar-refractivity contribution < 1.29 is 27.3 Å². The van der Waals surface area contributed by atoms with E-state index in [0.29, 0.717) is 11.3 Å². The molecule has 7 rings (SSSR count). The van der Waals surface area contributed by atoms with Gasteiger partial charge in [0.2, 0.25) is 0 Å². The molecule has 0 aliphatic carbocycles. The minimum atomic E-state index is -1.49. The summed E-state index contributed by atoms with van der Waals surface area (Å²) in [6.07, 6.45) is 2.09. The molecule has 0 atom stereocenters. The molecule has 4 heterocycles. The standard InChI is InChI=1S/C24H20NOS.C14H14N.Ir/c1-24(2,3)14-15-9-11-25-20(13-15)19-6-4-5-17-18-8-7-16-10-12-27-23(16)22(18)26-21(17)19;1-10-4-6-13(7-5-10)14-8-11(2)12(3)9-15-14;/h4-5,7-13H,14H2,1-3H3;4-6,8-9H,1-3H3;/q2*-1;/i14D2;;. The Hall–Kier alpha value is -3.63. The summed E-state index contributed by atoms with van der Waals surface area (Å²) in [5, 5.41) is 5.34. The Morgan fingerprint density at radius 3 is 2.42 bits per heavy atom. The molecule has 0 unspecified atom stereocenters. The molecule has 7 aromatic rings. The van der Waals surface area contributed by atoms with Crippen LogP contribution in [-0.2, 0) is 26.5 Å². The van der Waals surface area contributed by atoms with Gasteiger partial charge in [-0.25, -0.2) is 0 Å². The smallest absolute Gasteiger partial charge is 0.138 e. The van der Waals surface area contributed by atoms with E-state index < -0.39 is 11.8 Å². The minimum Gasteiger partial charge on any atom is -0.499 e. The van der Waals surface area contributed by atoms with Crippen LogP contribution in [0, 0.1) is 38.3 Å². The quantitative estimate of drug-likeness (QED) is 0.168. The maximum atomic E-state index is 8.61. The second kappa shape index (κ2) is 12.5. The van der Waals surface area contributed by atoms with E-state index in [2.05, 4.69) is 84.7 Å². The van der Waals surface area contributed by atoms with Crippen molar-refractivity contribution in [3.05, 3.63) is 119 Å². The van der Waals surface area contributed by atoms with Gasteiger partial charge in [0.15, 0.2) is 0 Å². The van der Waals surface area contributed by atoms with Crippen LogP contribution in [0.3, 0.4) is 0 Å². The van der Waals surface area contributed by atoms with E-state index in [1.807, 2.05) is 51.2 Å². The fraction of sp³-hybridized carbons (Fsp3) is 0.211. The molecule has 219 valence electrons. The van der Waals surface area contributed by atoms with Crippen molar-refractivity contribution in [3.63, 3.8) is 0 Å². The number of aromatic nitrogens is 2. The number of nitrogens with zero attached hydrogens (tertiary/aromatic N) is 2. The molecule has 0 aliphatic heterocycles. The molecule has 3 nitrogen and oxygen atoms in total. The Balaban J connectivity index is 0.000000212. The Kier molecular flexibility index (Phi) is 8.21. The predicted molar refractivity (Wildman–Crippen MR) is 177 cm³/mol. The second-order valence-corrected chi connectivity index (χ2v) is 12.6. The third-order valence-electron chi connectivity index (χ3n) is 7.17. The van der Waals surface area contributed by atoms with Crippen LogP contribution in [0.4, 0.5) is 0 Å². The maximum absolute atomic E-state index is 8.61.